The SMILES string of the molecule is C=C1NC2=C(C(=O)CC(c3cccs3)C2)C(c2ccc(Cl)c(Cl)c2)C1C(=O)OC. The zero-order valence-electron chi connectivity index (χ0n) is 15.7. The minimum atomic E-state index is -0.724. The van der Waals surface area contributed by atoms with E-state index >= 15 is 0 Å². The Balaban J connectivity index is 1.84. The highest BCUT2D eigenvalue weighted by atomic mass is 35.5. The van der Waals surface area contributed by atoms with Crippen molar-refractivity contribution in [3.8, 4) is 0 Å². The first kappa shape index (κ1) is 20.2. The Morgan fingerprint density at radius 3 is 2.69 bits per heavy atom. The molecule has 4 nitrogen and oxygen atoms in total. The number of Topliss-reactive ketones (excluding diaryl/α,β-unsaturated/α-hetero) is 1. The van der Waals surface area contributed by atoms with Crippen LogP contribution in [-0.4, -0.2) is 18.9 Å². The number of halogens is 2. The smallest absolute Gasteiger partial charge is 0.315 e. The maximum atomic E-state index is 13.3. The molecule has 1 aliphatic carbocycles. The Kier molecular flexibility index (Phi) is 5.56. The molecule has 1 N–H and O–H groups in total. The van der Waals surface area contributed by atoms with Gasteiger partial charge >= 0.3 is 5.97 Å². The van der Waals surface area contributed by atoms with Crippen molar-refractivity contribution in [3.05, 3.63) is 79.7 Å². The van der Waals surface area contributed by atoms with Crippen LogP contribution < -0.4 is 5.32 Å². The monoisotopic (exact) mass is 447 g/mol. The molecule has 2 heterocycles. The van der Waals surface area contributed by atoms with Gasteiger partial charge in [-0.15, -0.1) is 11.3 Å². The molecule has 7 heteroatoms. The van der Waals surface area contributed by atoms with Gasteiger partial charge in [-0.3, -0.25) is 9.59 Å². The highest BCUT2D eigenvalue weighted by Crippen LogP contribution is 2.48. The van der Waals surface area contributed by atoms with Crippen LogP contribution in [0.3, 0.4) is 0 Å². The van der Waals surface area contributed by atoms with Crippen LogP contribution in [0, 0.1) is 5.92 Å². The number of esters is 1. The first-order valence-corrected chi connectivity index (χ1v) is 10.8. The van der Waals surface area contributed by atoms with Crippen molar-refractivity contribution in [2.45, 2.75) is 24.7 Å². The van der Waals surface area contributed by atoms with Crippen molar-refractivity contribution in [1.82, 2.24) is 5.32 Å². The second-order valence-corrected chi connectivity index (χ2v) is 9.03. The maximum absolute atomic E-state index is 13.3. The Labute approximate surface area is 183 Å². The molecule has 0 amide bonds. The van der Waals surface area contributed by atoms with Crippen molar-refractivity contribution in [2.24, 2.45) is 5.92 Å². The van der Waals surface area contributed by atoms with Gasteiger partial charge in [0.2, 0.25) is 0 Å². The normalized spacial score (nSPS) is 24.2. The van der Waals surface area contributed by atoms with Crippen molar-refractivity contribution < 1.29 is 14.3 Å². The molecule has 150 valence electrons. The van der Waals surface area contributed by atoms with Crippen LogP contribution in [0.25, 0.3) is 0 Å². The van der Waals surface area contributed by atoms with Crippen LogP contribution in [0.4, 0.5) is 0 Å². The zero-order valence-corrected chi connectivity index (χ0v) is 18.0. The number of thiophene rings is 1. The predicted octanol–water partition coefficient (Wildman–Crippen LogP) is 5.45. The molecule has 0 fully saturated rings. The molecule has 1 aromatic carbocycles. The summed E-state index contributed by atoms with van der Waals surface area (Å²) in [5.74, 6) is -1.55. The van der Waals surface area contributed by atoms with Gasteiger partial charge in [-0.25, -0.2) is 0 Å². The van der Waals surface area contributed by atoms with Gasteiger partial charge in [0.05, 0.1) is 17.2 Å². The Hall–Kier alpha value is -2.08. The molecule has 0 spiro atoms. The summed E-state index contributed by atoms with van der Waals surface area (Å²) in [6.45, 7) is 4.07. The van der Waals surface area contributed by atoms with Crippen LogP contribution in [0.2, 0.25) is 10.0 Å². The first-order chi connectivity index (χ1) is 13.9. The van der Waals surface area contributed by atoms with E-state index in [-0.39, 0.29) is 11.7 Å². The predicted molar refractivity (Wildman–Crippen MR) is 115 cm³/mol. The fraction of sp³-hybridized carbons (Fsp3) is 0.273. The third-order valence-corrected chi connectivity index (χ3v) is 7.32. The molecule has 1 aromatic heterocycles. The average Bonchev–Trinajstić information content (AvgIpc) is 3.23. The van der Waals surface area contributed by atoms with E-state index in [4.69, 9.17) is 27.9 Å². The van der Waals surface area contributed by atoms with Crippen LogP contribution in [-0.2, 0) is 14.3 Å². The van der Waals surface area contributed by atoms with E-state index in [0.717, 1.165) is 11.3 Å². The first-order valence-electron chi connectivity index (χ1n) is 9.19. The summed E-state index contributed by atoms with van der Waals surface area (Å²) in [6.07, 6.45) is 1.09. The summed E-state index contributed by atoms with van der Waals surface area (Å²) >= 11 is 14.0. The number of nitrogens with one attached hydrogen (secondary N) is 1. The Morgan fingerprint density at radius 2 is 2.03 bits per heavy atom. The van der Waals surface area contributed by atoms with E-state index < -0.39 is 17.8 Å². The second kappa shape index (κ2) is 7.98. The van der Waals surface area contributed by atoms with Gasteiger partial charge in [-0.05, 0) is 35.6 Å². The third kappa shape index (κ3) is 3.63. The van der Waals surface area contributed by atoms with E-state index in [1.165, 1.54) is 12.0 Å². The fourth-order valence-corrected chi connectivity index (χ4v) is 5.38. The van der Waals surface area contributed by atoms with Crippen molar-refractivity contribution in [2.75, 3.05) is 7.11 Å². The lowest BCUT2D eigenvalue weighted by atomic mass is 9.69. The number of benzene rings is 1. The standard InChI is InChI=1S/C22H19Cl2NO3S/c1-11-19(22(27)28-2)20(12-5-6-14(23)15(24)8-12)21-16(25-11)9-13(10-17(21)26)18-4-3-7-29-18/h3-8,13,19-20,25H,1,9-10H2,2H3. The minimum absolute atomic E-state index is 0.0228. The second-order valence-electron chi connectivity index (χ2n) is 7.24. The van der Waals surface area contributed by atoms with Crippen LogP contribution in [0.1, 0.15) is 35.1 Å². The van der Waals surface area contributed by atoms with Gasteiger partial charge in [-0.2, -0.15) is 0 Å². The molecule has 3 atom stereocenters. The lowest BCUT2D eigenvalue weighted by Gasteiger charge is -2.39. The lowest BCUT2D eigenvalue weighted by molar-refractivity contribution is -0.144. The topological polar surface area (TPSA) is 55.4 Å². The molecule has 2 aromatic rings. The number of ketones is 1. The molecule has 29 heavy (non-hydrogen) atoms. The van der Waals surface area contributed by atoms with E-state index in [1.54, 1.807) is 29.5 Å². The van der Waals surface area contributed by atoms with E-state index in [1.807, 2.05) is 11.4 Å². The molecule has 3 unspecified atom stereocenters. The Morgan fingerprint density at radius 1 is 1.24 bits per heavy atom. The summed E-state index contributed by atoms with van der Waals surface area (Å²) in [5, 5.41) is 6.05. The average molecular weight is 448 g/mol. The largest absolute Gasteiger partial charge is 0.468 e. The van der Waals surface area contributed by atoms with Crippen LogP contribution >= 0.6 is 34.5 Å². The summed E-state index contributed by atoms with van der Waals surface area (Å²) in [7, 11) is 1.33. The molecular formula is C22H19Cl2NO3S. The number of rotatable bonds is 3. The summed E-state index contributed by atoms with van der Waals surface area (Å²) in [4.78, 5) is 27.1. The molecule has 0 saturated carbocycles. The van der Waals surface area contributed by atoms with Gasteiger partial charge in [0.15, 0.2) is 5.78 Å². The van der Waals surface area contributed by atoms with Crippen molar-refractivity contribution in [3.63, 3.8) is 0 Å². The molecule has 1 aliphatic heterocycles. The number of ether oxygens (including phenoxy) is 1. The minimum Gasteiger partial charge on any atom is -0.468 e. The maximum Gasteiger partial charge on any atom is 0.315 e. The molecule has 0 saturated heterocycles. The number of allylic oxidation sites excluding steroid dienone is 2. The van der Waals surface area contributed by atoms with Gasteiger partial charge in [0, 0.05) is 40.1 Å². The third-order valence-electron chi connectivity index (χ3n) is 5.54. The van der Waals surface area contributed by atoms with Gasteiger partial charge in [0.1, 0.15) is 5.92 Å². The highest BCUT2D eigenvalue weighted by Gasteiger charge is 2.45. The van der Waals surface area contributed by atoms with Crippen LogP contribution in [0.15, 0.2) is 59.3 Å². The van der Waals surface area contributed by atoms with Crippen molar-refractivity contribution in [1.29, 1.82) is 0 Å². The molecular weight excluding hydrogens is 429 g/mol. The van der Waals surface area contributed by atoms with Crippen molar-refractivity contribution >= 4 is 46.3 Å². The molecule has 0 bridgehead atoms. The van der Waals surface area contributed by atoms with E-state index in [2.05, 4.69) is 18.0 Å². The molecule has 4 rings (SSSR count). The van der Waals surface area contributed by atoms with Crippen LogP contribution in [0.5, 0.6) is 0 Å². The van der Waals surface area contributed by atoms with E-state index in [9.17, 15) is 9.59 Å². The fourth-order valence-electron chi connectivity index (χ4n) is 4.24. The molecule has 0 radical (unpaired) electrons. The van der Waals surface area contributed by atoms with E-state index in [0.29, 0.717) is 34.2 Å². The lowest BCUT2D eigenvalue weighted by Crippen LogP contribution is -2.41. The molecule has 2 aliphatic rings. The number of hydrogen-bond donors (Lipinski definition) is 1. The van der Waals surface area contributed by atoms with Gasteiger partial charge in [0.25, 0.3) is 0 Å². The number of carbonyl (C=O) groups is 2. The Bertz CT molecular complexity index is 1030. The van der Waals surface area contributed by atoms with Gasteiger partial charge < -0.3 is 10.1 Å². The number of hydrogen-bond acceptors (Lipinski definition) is 5. The van der Waals surface area contributed by atoms with Gasteiger partial charge in [-0.1, -0.05) is 41.9 Å². The number of methoxy groups -OCH3 is 1. The zero-order chi connectivity index (χ0) is 20.7. The summed E-state index contributed by atoms with van der Waals surface area (Å²) in [5.41, 5.74) is 2.69. The quantitative estimate of drug-likeness (QED) is 0.635. The summed E-state index contributed by atoms with van der Waals surface area (Å²) in [6, 6.07) is 9.25. The summed E-state index contributed by atoms with van der Waals surface area (Å²) < 4.78 is 5.03. The highest BCUT2D eigenvalue weighted by molar-refractivity contribution is 7.10. The number of carbonyl (C=O) groups excluding carboxylic acids is 2.